The second kappa shape index (κ2) is 3.47. The number of hydrogen-bond acceptors (Lipinski definition) is 1. The topological polar surface area (TPSA) is 9.23 Å². The molecule has 0 heterocycles. The molecule has 2 radical (unpaired) electrons. The van der Waals surface area contributed by atoms with Crippen molar-refractivity contribution in [1.29, 1.82) is 0 Å². The Morgan fingerprint density at radius 3 is 2.73 bits per heavy atom. The summed E-state index contributed by atoms with van der Waals surface area (Å²) in [6, 6.07) is 7.79. The van der Waals surface area contributed by atoms with Gasteiger partial charge in [0.25, 0.3) is 0 Å². The summed E-state index contributed by atoms with van der Waals surface area (Å²) in [6.07, 6.45) is 0. The number of hydrogen-bond donors (Lipinski definition) is 0. The van der Waals surface area contributed by atoms with Crippen LogP contribution in [0.25, 0.3) is 0 Å². The van der Waals surface area contributed by atoms with Crippen molar-refractivity contribution in [3.05, 3.63) is 29.8 Å². The fourth-order valence-electron chi connectivity index (χ4n) is 0.925. The third kappa shape index (κ3) is 2.00. The molecule has 1 nitrogen and oxygen atoms in total. The first-order valence-corrected chi connectivity index (χ1v) is 3.63. The first kappa shape index (κ1) is 8.18. The van der Waals surface area contributed by atoms with Crippen LogP contribution in [0.4, 0.5) is 0 Å². The zero-order valence-corrected chi connectivity index (χ0v) is 6.87. The molecule has 0 bridgehead atoms. The third-order valence-electron chi connectivity index (χ3n) is 1.62. The van der Waals surface area contributed by atoms with E-state index in [4.69, 9.17) is 12.6 Å². The molecule has 0 aliphatic carbocycles. The van der Waals surface area contributed by atoms with Crippen LogP contribution < -0.4 is 4.74 Å². The van der Waals surface area contributed by atoms with E-state index in [9.17, 15) is 0 Å². The highest BCUT2D eigenvalue weighted by atomic mass is 16.5. The molecule has 0 aliphatic rings. The number of rotatable bonds is 2. The maximum Gasteiger partial charge on any atom is 0.119 e. The average Bonchev–Trinajstić information content (AvgIpc) is 2.05. The molecule has 1 unspecified atom stereocenters. The van der Waals surface area contributed by atoms with E-state index in [1.165, 1.54) is 0 Å². The summed E-state index contributed by atoms with van der Waals surface area (Å²) in [5, 5.41) is 0. The van der Waals surface area contributed by atoms with Crippen LogP contribution in [0.5, 0.6) is 5.75 Å². The smallest absolute Gasteiger partial charge is 0.119 e. The van der Waals surface area contributed by atoms with Gasteiger partial charge in [-0.2, -0.15) is 0 Å². The van der Waals surface area contributed by atoms with Crippen molar-refractivity contribution in [3.8, 4) is 5.75 Å². The SMILES string of the molecule is [B]C(C)c1cccc(OC)c1. The molecular formula is C9H11BO. The van der Waals surface area contributed by atoms with Crippen LogP contribution in [0.1, 0.15) is 18.3 Å². The van der Waals surface area contributed by atoms with Crippen LogP contribution in [-0.4, -0.2) is 15.0 Å². The summed E-state index contributed by atoms with van der Waals surface area (Å²) >= 11 is 0. The Morgan fingerprint density at radius 1 is 1.45 bits per heavy atom. The van der Waals surface area contributed by atoms with E-state index in [-0.39, 0.29) is 5.82 Å². The Labute approximate surface area is 68.8 Å². The molecule has 0 fully saturated rings. The Balaban J connectivity index is 2.91. The summed E-state index contributed by atoms with van der Waals surface area (Å²) < 4.78 is 5.05. The maximum absolute atomic E-state index is 5.68. The number of benzene rings is 1. The van der Waals surface area contributed by atoms with Gasteiger partial charge in [-0.15, -0.1) is 0 Å². The van der Waals surface area contributed by atoms with Crippen LogP contribution in [-0.2, 0) is 0 Å². The molecular weight excluding hydrogens is 135 g/mol. The van der Waals surface area contributed by atoms with Crippen LogP contribution in [0.3, 0.4) is 0 Å². The van der Waals surface area contributed by atoms with Gasteiger partial charge in [-0.25, -0.2) is 0 Å². The lowest BCUT2D eigenvalue weighted by molar-refractivity contribution is 0.414. The normalized spacial score (nSPS) is 12.5. The molecule has 0 N–H and O–H groups in total. The van der Waals surface area contributed by atoms with E-state index >= 15 is 0 Å². The molecule has 2 heteroatoms. The molecule has 1 aromatic carbocycles. The van der Waals surface area contributed by atoms with Gasteiger partial charge in [-0.1, -0.05) is 30.4 Å². The Bertz CT molecular complexity index is 233. The van der Waals surface area contributed by atoms with Gasteiger partial charge >= 0.3 is 0 Å². The second-order valence-electron chi connectivity index (χ2n) is 2.57. The molecule has 1 aromatic rings. The zero-order chi connectivity index (χ0) is 8.27. The predicted molar refractivity (Wildman–Crippen MR) is 47.2 cm³/mol. The first-order chi connectivity index (χ1) is 5.24. The van der Waals surface area contributed by atoms with Gasteiger partial charge < -0.3 is 4.74 Å². The Morgan fingerprint density at radius 2 is 2.18 bits per heavy atom. The maximum atomic E-state index is 5.68. The van der Waals surface area contributed by atoms with Crippen LogP contribution >= 0.6 is 0 Å². The van der Waals surface area contributed by atoms with Crippen LogP contribution in [0, 0.1) is 0 Å². The summed E-state index contributed by atoms with van der Waals surface area (Å²) in [7, 11) is 7.33. The van der Waals surface area contributed by atoms with Gasteiger partial charge in [0, 0.05) is 0 Å². The quantitative estimate of drug-likeness (QED) is 0.579. The highest BCUT2D eigenvalue weighted by Gasteiger charge is 1.98. The van der Waals surface area contributed by atoms with E-state index in [1.807, 2.05) is 31.2 Å². The van der Waals surface area contributed by atoms with E-state index in [2.05, 4.69) is 0 Å². The van der Waals surface area contributed by atoms with Gasteiger partial charge in [-0.3, -0.25) is 0 Å². The Hall–Kier alpha value is -0.915. The average molecular weight is 146 g/mol. The lowest BCUT2D eigenvalue weighted by atomic mass is 9.83. The standard InChI is InChI=1S/C9H11BO/c1-7(10)8-4-3-5-9(6-8)11-2/h3-7H,1-2H3. The zero-order valence-electron chi connectivity index (χ0n) is 6.87. The molecule has 0 aromatic heterocycles. The van der Waals surface area contributed by atoms with E-state index in [1.54, 1.807) is 7.11 Å². The van der Waals surface area contributed by atoms with Gasteiger partial charge in [0.2, 0.25) is 0 Å². The van der Waals surface area contributed by atoms with Gasteiger partial charge in [0.1, 0.15) is 5.75 Å². The second-order valence-corrected chi connectivity index (χ2v) is 2.57. The minimum absolute atomic E-state index is 0.0742. The fourth-order valence-corrected chi connectivity index (χ4v) is 0.925. The minimum Gasteiger partial charge on any atom is -0.497 e. The van der Waals surface area contributed by atoms with Crippen molar-refractivity contribution in [2.24, 2.45) is 0 Å². The van der Waals surface area contributed by atoms with E-state index in [0.717, 1.165) is 11.3 Å². The van der Waals surface area contributed by atoms with E-state index < -0.39 is 0 Å². The van der Waals surface area contributed by atoms with Crippen LogP contribution in [0.15, 0.2) is 24.3 Å². The predicted octanol–water partition coefficient (Wildman–Crippen LogP) is 1.92. The lowest BCUT2D eigenvalue weighted by Gasteiger charge is -2.06. The van der Waals surface area contributed by atoms with Gasteiger partial charge in [-0.05, 0) is 12.1 Å². The van der Waals surface area contributed by atoms with Crippen molar-refractivity contribution >= 4 is 7.85 Å². The van der Waals surface area contributed by atoms with Crippen molar-refractivity contribution < 1.29 is 4.74 Å². The molecule has 56 valence electrons. The monoisotopic (exact) mass is 146 g/mol. The molecule has 0 aliphatic heterocycles. The van der Waals surface area contributed by atoms with Gasteiger partial charge in [0.15, 0.2) is 0 Å². The molecule has 0 spiro atoms. The summed E-state index contributed by atoms with van der Waals surface area (Å²) in [6.45, 7) is 1.95. The molecule has 0 amide bonds. The van der Waals surface area contributed by atoms with Crippen molar-refractivity contribution in [2.75, 3.05) is 7.11 Å². The van der Waals surface area contributed by atoms with E-state index in [0.29, 0.717) is 0 Å². The highest BCUT2D eigenvalue weighted by Crippen LogP contribution is 2.17. The van der Waals surface area contributed by atoms with Crippen molar-refractivity contribution in [3.63, 3.8) is 0 Å². The molecule has 11 heavy (non-hydrogen) atoms. The van der Waals surface area contributed by atoms with Crippen LogP contribution in [0.2, 0.25) is 0 Å². The third-order valence-corrected chi connectivity index (χ3v) is 1.62. The molecule has 1 rings (SSSR count). The highest BCUT2D eigenvalue weighted by molar-refractivity contribution is 6.12. The minimum atomic E-state index is 0.0742. The molecule has 0 saturated heterocycles. The van der Waals surface area contributed by atoms with Gasteiger partial charge in [0.05, 0.1) is 15.0 Å². The summed E-state index contributed by atoms with van der Waals surface area (Å²) in [5.41, 5.74) is 1.10. The largest absolute Gasteiger partial charge is 0.497 e. The lowest BCUT2D eigenvalue weighted by Crippen LogP contribution is -1.92. The van der Waals surface area contributed by atoms with Crippen molar-refractivity contribution in [1.82, 2.24) is 0 Å². The Kier molecular flexibility index (Phi) is 2.58. The molecule has 1 atom stereocenters. The fraction of sp³-hybridized carbons (Fsp3) is 0.333. The number of ether oxygens (including phenoxy) is 1. The van der Waals surface area contributed by atoms with Crippen molar-refractivity contribution in [2.45, 2.75) is 12.7 Å². The first-order valence-electron chi connectivity index (χ1n) is 3.63. The molecule has 0 saturated carbocycles. The summed E-state index contributed by atoms with van der Waals surface area (Å²) in [4.78, 5) is 0. The summed E-state index contributed by atoms with van der Waals surface area (Å²) in [5.74, 6) is 0.935. The number of methoxy groups -OCH3 is 1.